The number of hydrogen-bond donors (Lipinski definition) is 0. The molecule has 5 atom stereocenters. The van der Waals surface area contributed by atoms with Gasteiger partial charge in [-0.2, -0.15) is 0 Å². The minimum atomic E-state index is -0.0587. The minimum Gasteiger partial charge on any atom is -0.0779 e. The number of fused-ring (bicyclic) bond motifs is 3. The second-order valence-corrected chi connectivity index (χ2v) is 18.1. The van der Waals surface area contributed by atoms with Crippen molar-refractivity contribution in [2.24, 2.45) is 34.5 Å². The monoisotopic (exact) mass is 756 g/mol. The summed E-state index contributed by atoms with van der Waals surface area (Å²) in [7, 11) is 0. The molecule has 5 aromatic carbocycles. The van der Waals surface area contributed by atoms with Gasteiger partial charge in [-0.05, 0) is 107 Å². The molecule has 58 heavy (non-hydrogen) atoms. The largest absolute Gasteiger partial charge is 0.0779 e. The van der Waals surface area contributed by atoms with Gasteiger partial charge in [-0.15, -0.1) is 0 Å². The number of benzene rings is 5. The Morgan fingerprint density at radius 2 is 0.948 bits per heavy atom. The summed E-state index contributed by atoms with van der Waals surface area (Å²) in [5.74, 6) is 2.01. The summed E-state index contributed by atoms with van der Waals surface area (Å²) < 4.78 is 0. The lowest BCUT2D eigenvalue weighted by atomic mass is 9.74. The van der Waals surface area contributed by atoms with Crippen molar-refractivity contribution < 1.29 is 0 Å². The van der Waals surface area contributed by atoms with Crippen LogP contribution in [0.2, 0.25) is 0 Å². The highest BCUT2D eigenvalue weighted by Crippen LogP contribution is 2.52. The van der Waals surface area contributed by atoms with Crippen LogP contribution in [0.3, 0.4) is 0 Å². The molecule has 0 heterocycles. The standard InChI is InChI=1S/C58H60/c1-9-41(5)57(7)34-18-24-45(32-36-57)53-49-28-15-16-29-50(49)54(46-25-19-35-58(8,37-33-46)42(6)38-39(2)3)56-52(44-23-17-20-40(4)30-31-44)48-27-14-13-26-47(48)51(55(53)56)43-21-11-10-12-22-43/h10-37,39-42H,9,38H2,1-8H3. The molecule has 5 aromatic rings. The minimum absolute atomic E-state index is 0.0424. The normalized spacial score (nSPS) is 22.8. The Morgan fingerprint density at radius 3 is 1.47 bits per heavy atom. The van der Waals surface area contributed by atoms with E-state index < -0.39 is 0 Å². The average molecular weight is 757 g/mol. The third-order valence-electron chi connectivity index (χ3n) is 13.6. The van der Waals surface area contributed by atoms with Gasteiger partial charge in [-0.1, -0.05) is 232 Å². The highest BCUT2D eigenvalue weighted by molar-refractivity contribution is 6.29. The quantitative estimate of drug-likeness (QED) is 0.131. The van der Waals surface area contributed by atoms with Gasteiger partial charge in [0.05, 0.1) is 0 Å². The maximum atomic E-state index is 2.50. The molecule has 0 radical (unpaired) electrons. The van der Waals surface area contributed by atoms with E-state index in [0.29, 0.717) is 23.7 Å². The fraction of sp³-hybridized carbons (Fsp3) is 0.276. The lowest BCUT2D eigenvalue weighted by Gasteiger charge is -2.31. The summed E-state index contributed by atoms with van der Waals surface area (Å²) in [6.45, 7) is 18.9. The van der Waals surface area contributed by atoms with Crippen molar-refractivity contribution in [3.05, 3.63) is 187 Å². The van der Waals surface area contributed by atoms with Crippen molar-refractivity contribution in [3.8, 4) is 11.1 Å². The van der Waals surface area contributed by atoms with E-state index in [1.807, 2.05) is 0 Å². The molecule has 0 N–H and O–H groups in total. The average Bonchev–Trinajstić information content (AvgIpc) is 3.67. The Bertz CT molecular complexity index is 2660. The van der Waals surface area contributed by atoms with Crippen LogP contribution < -0.4 is 0 Å². The van der Waals surface area contributed by atoms with Gasteiger partial charge in [-0.3, -0.25) is 0 Å². The van der Waals surface area contributed by atoms with Crippen LogP contribution in [0.4, 0.5) is 0 Å². The maximum Gasteiger partial charge on any atom is 0.00648 e. The third kappa shape index (κ3) is 7.17. The van der Waals surface area contributed by atoms with E-state index in [4.69, 9.17) is 0 Å². The molecule has 0 amide bonds. The first-order valence-electron chi connectivity index (χ1n) is 21.8. The SMILES string of the molecule is CCC(C)C1(C)C=CC=C(c2c3ccccc3c(C3=CC=CC(C)(C(C)CC(C)C)C=C3)c3c(C4=CC=CC(C)C=C4)c4ccccc4c(-c4ccccc4)c23)C=C1. The molecule has 0 saturated carbocycles. The van der Waals surface area contributed by atoms with E-state index in [9.17, 15) is 0 Å². The van der Waals surface area contributed by atoms with Crippen LogP contribution in [0.5, 0.6) is 0 Å². The second-order valence-electron chi connectivity index (χ2n) is 18.1. The molecule has 8 rings (SSSR count). The van der Waals surface area contributed by atoms with Gasteiger partial charge in [0.25, 0.3) is 0 Å². The highest BCUT2D eigenvalue weighted by atomic mass is 14.3. The Hall–Kier alpha value is -5.46. The van der Waals surface area contributed by atoms with E-state index in [0.717, 1.165) is 6.42 Å². The van der Waals surface area contributed by atoms with Gasteiger partial charge in [0.15, 0.2) is 0 Å². The van der Waals surface area contributed by atoms with Crippen LogP contribution in [0.1, 0.15) is 84.9 Å². The van der Waals surface area contributed by atoms with Crippen molar-refractivity contribution in [2.75, 3.05) is 0 Å². The fourth-order valence-corrected chi connectivity index (χ4v) is 9.68. The molecule has 0 aliphatic heterocycles. The van der Waals surface area contributed by atoms with Gasteiger partial charge < -0.3 is 0 Å². The van der Waals surface area contributed by atoms with E-state index in [1.54, 1.807) is 0 Å². The Morgan fingerprint density at radius 1 is 0.500 bits per heavy atom. The molecule has 0 spiro atoms. The Kier molecular flexibility index (Phi) is 10.9. The molecule has 0 aromatic heterocycles. The zero-order valence-electron chi connectivity index (χ0n) is 35.9. The Labute approximate surface area is 348 Å². The molecule has 0 bridgehead atoms. The van der Waals surface area contributed by atoms with Crippen molar-refractivity contribution in [1.29, 1.82) is 0 Å². The van der Waals surface area contributed by atoms with Gasteiger partial charge in [0.1, 0.15) is 0 Å². The third-order valence-corrected chi connectivity index (χ3v) is 13.6. The van der Waals surface area contributed by atoms with E-state index in [2.05, 4.69) is 225 Å². The van der Waals surface area contributed by atoms with Crippen molar-refractivity contribution in [1.82, 2.24) is 0 Å². The smallest absolute Gasteiger partial charge is 0.00648 e. The maximum absolute atomic E-state index is 2.50. The first-order valence-corrected chi connectivity index (χ1v) is 21.8. The van der Waals surface area contributed by atoms with Crippen molar-refractivity contribution >= 4 is 49.0 Å². The van der Waals surface area contributed by atoms with Crippen LogP contribution in [-0.2, 0) is 0 Å². The number of hydrogen-bond acceptors (Lipinski definition) is 0. The molecular weight excluding hydrogens is 697 g/mol. The summed E-state index contributed by atoms with van der Waals surface area (Å²) in [6, 6.07) is 29.5. The van der Waals surface area contributed by atoms with E-state index >= 15 is 0 Å². The molecule has 0 nitrogen and oxygen atoms in total. The van der Waals surface area contributed by atoms with Gasteiger partial charge in [0, 0.05) is 10.8 Å². The highest BCUT2D eigenvalue weighted by Gasteiger charge is 2.31. The van der Waals surface area contributed by atoms with Crippen LogP contribution in [-0.4, -0.2) is 0 Å². The summed E-state index contributed by atoms with van der Waals surface area (Å²) in [4.78, 5) is 0. The lowest BCUT2D eigenvalue weighted by molar-refractivity contribution is 0.296. The van der Waals surface area contributed by atoms with E-state index in [-0.39, 0.29) is 10.8 Å². The molecule has 0 heteroatoms. The molecule has 0 saturated heterocycles. The summed E-state index contributed by atoms with van der Waals surface area (Å²) >= 11 is 0. The molecule has 3 aliphatic carbocycles. The van der Waals surface area contributed by atoms with Crippen LogP contribution in [0.25, 0.3) is 60.2 Å². The summed E-state index contributed by atoms with van der Waals surface area (Å²) in [5.41, 5.74) is 10.0. The fourth-order valence-electron chi connectivity index (χ4n) is 9.68. The molecule has 0 fully saturated rings. The Balaban J connectivity index is 1.59. The lowest BCUT2D eigenvalue weighted by Crippen LogP contribution is -2.21. The number of allylic oxidation sites excluding steroid dienone is 18. The van der Waals surface area contributed by atoms with Crippen LogP contribution in [0, 0.1) is 34.5 Å². The summed E-state index contributed by atoms with van der Waals surface area (Å²) in [6.07, 6.45) is 38.1. The molecular formula is C58H60. The predicted octanol–water partition coefficient (Wildman–Crippen LogP) is 16.7. The van der Waals surface area contributed by atoms with Crippen molar-refractivity contribution in [2.45, 2.75) is 68.2 Å². The first-order chi connectivity index (χ1) is 28.0. The molecule has 292 valence electrons. The predicted molar refractivity (Wildman–Crippen MR) is 257 cm³/mol. The van der Waals surface area contributed by atoms with Gasteiger partial charge in [-0.25, -0.2) is 0 Å². The van der Waals surface area contributed by atoms with Gasteiger partial charge in [0.2, 0.25) is 0 Å². The van der Waals surface area contributed by atoms with Crippen LogP contribution in [0.15, 0.2) is 170 Å². The topological polar surface area (TPSA) is 0 Å². The van der Waals surface area contributed by atoms with E-state index in [1.165, 1.54) is 83.3 Å². The zero-order chi connectivity index (χ0) is 40.6. The zero-order valence-corrected chi connectivity index (χ0v) is 35.9. The summed E-state index contributed by atoms with van der Waals surface area (Å²) in [5, 5.41) is 7.71. The molecule has 5 unspecified atom stereocenters. The van der Waals surface area contributed by atoms with Crippen LogP contribution >= 0.6 is 0 Å². The number of rotatable bonds is 9. The second kappa shape index (κ2) is 16.1. The van der Waals surface area contributed by atoms with Gasteiger partial charge >= 0.3 is 0 Å². The van der Waals surface area contributed by atoms with Crippen molar-refractivity contribution in [3.63, 3.8) is 0 Å². The first kappa shape index (κ1) is 39.4. The molecule has 3 aliphatic rings.